The summed E-state index contributed by atoms with van der Waals surface area (Å²) in [5.74, 6) is 0. The maximum absolute atomic E-state index is 11.7. The highest BCUT2D eigenvalue weighted by Crippen LogP contribution is 2.36. The number of hydrogen-bond donors (Lipinski definition) is 1. The zero-order valence-corrected chi connectivity index (χ0v) is 11.1. The van der Waals surface area contributed by atoms with Crippen LogP contribution < -0.4 is 10.9 Å². The molecule has 2 saturated heterocycles. The van der Waals surface area contributed by atoms with Gasteiger partial charge in [0, 0.05) is 7.05 Å². The number of halogens is 1. The Bertz CT molecular complexity index is 502. The van der Waals surface area contributed by atoms with Gasteiger partial charge in [0.2, 0.25) is 0 Å². The van der Waals surface area contributed by atoms with Crippen LogP contribution in [-0.2, 0) is 11.8 Å². The molecule has 6 heteroatoms. The smallest absolute Gasteiger partial charge is 0.282 e. The summed E-state index contributed by atoms with van der Waals surface area (Å²) < 4.78 is 7.62. The van der Waals surface area contributed by atoms with E-state index in [1.807, 2.05) is 0 Å². The number of fused-ring (bicyclic) bond motifs is 2. The van der Waals surface area contributed by atoms with E-state index in [0.717, 1.165) is 18.5 Å². The largest absolute Gasteiger partial charge is 0.377 e. The Kier molecular flexibility index (Phi) is 2.71. The van der Waals surface area contributed by atoms with Crippen LogP contribution in [0.5, 0.6) is 0 Å². The lowest BCUT2D eigenvalue weighted by atomic mass is 9.95. The average Bonchev–Trinajstić information content (AvgIpc) is 2.92. The lowest BCUT2D eigenvalue weighted by Crippen LogP contribution is -2.32. The van der Waals surface area contributed by atoms with Crippen molar-refractivity contribution < 1.29 is 4.74 Å². The van der Waals surface area contributed by atoms with Gasteiger partial charge >= 0.3 is 0 Å². The van der Waals surface area contributed by atoms with E-state index in [1.54, 1.807) is 13.2 Å². The first-order valence-electron chi connectivity index (χ1n) is 5.79. The third kappa shape index (κ3) is 1.89. The van der Waals surface area contributed by atoms with Crippen LogP contribution in [-0.4, -0.2) is 28.0 Å². The highest BCUT2D eigenvalue weighted by Gasteiger charge is 2.40. The van der Waals surface area contributed by atoms with E-state index in [0.29, 0.717) is 16.6 Å². The number of aromatic nitrogens is 2. The van der Waals surface area contributed by atoms with Crippen LogP contribution >= 0.6 is 15.9 Å². The molecule has 0 radical (unpaired) electrons. The molecule has 0 amide bonds. The second-order valence-corrected chi connectivity index (χ2v) is 5.45. The van der Waals surface area contributed by atoms with Crippen molar-refractivity contribution in [2.45, 2.75) is 37.5 Å². The quantitative estimate of drug-likeness (QED) is 0.894. The molecule has 17 heavy (non-hydrogen) atoms. The topological polar surface area (TPSA) is 56.1 Å². The SMILES string of the molecule is Cn1ncc(N[C@H]2C[C@H]3CC[C@H]2O3)c(Br)c1=O. The summed E-state index contributed by atoms with van der Waals surface area (Å²) in [6, 6.07) is 0.305. The first kappa shape index (κ1) is 11.2. The Morgan fingerprint density at radius 2 is 2.41 bits per heavy atom. The minimum absolute atomic E-state index is 0.126. The van der Waals surface area contributed by atoms with Gasteiger partial charge in [0.05, 0.1) is 30.1 Å². The molecule has 0 aliphatic carbocycles. The van der Waals surface area contributed by atoms with Crippen molar-refractivity contribution in [2.75, 3.05) is 5.32 Å². The molecule has 0 aromatic carbocycles. The molecule has 2 fully saturated rings. The monoisotopic (exact) mass is 299 g/mol. The summed E-state index contributed by atoms with van der Waals surface area (Å²) in [5.41, 5.74) is 0.633. The normalized spacial score (nSPS) is 30.8. The lowest BCUT2D eigenvalue weighted by Gasteiger charge is -2.21. The standard InChI is InChI=1S/C11H14BrN3O2/c1-15-11(16)10(12)8(5-13-15)14-7-4-6-2-3-9(7)17-6/h5-7,9,14H,2-4H2,1H3/t6-,7+,9-/m1/s1. The van der Waals surface area contributed by atoms with Crippen LogP contribution in [0.15, 0.2) is 15.5 Å². The van der Waals surface area contributed by atoms with Crippen molar-refractivity contribution >= 4 is 21.6 Å². The molecule has 5 nitrogen and oxygen atoms in total. The van der Waals surface area contributed by atoms with Gasteiger partial charge in [0.25, 0.3) is 5.56 Å². The number of nitrogens with zero attached hydrogens (tertiary/aromatic N) is 2. The van der Waals surface area contributed by atoms with Crippen LogP contribution in [0.1, 0.15) is 19.3 Å². The molecule has 92 valence electrons. The van der Waals surface area contributed by atoms with Crippen molar-refractivity contribution in [1.29, 1.82) is 0 Å². The molecule has 0 unspecified atom stereocenters. The van der Waals surface area contributed by atoms with Crippen LogP contribution in [0, 0.1) is 0 Å². The maximum atomic E-state index is 11.7. The number of anilines is 1. The molecule has 1 N–H and O–H groups in total. The van der Waals surface area contributed by atoms with E-state index in [9.17, 15) is 4.79 Å². The molecular weight excluding hydrogens is 286 g/mol. The first-order chi connectivity index (χ1) is 8.15. The van der Waals surface area contributed by atoms with Gasteiger partial charge < -0.3 is 10.1 Å². The number of aryl methyl sites for hydroxylation is 1. The fraction of sp³-hybridized carbons (Fsp3) is 0.636. The highest BCUT2D eigenvalue weighted by molar-refractivity contribution is 9.10. The summed E-state index contributed by atoms with van der Waals surface area (Å²) in [6.07, 6.45) is 5.66. The van der Waals surface area contributed by atoms with Crippen LogP contribution in [0.4, 0.5) is 5.69 Å². The minimum atomic E-state index is -0.126. The van der Waals surface area contributed by atoms with E-state index in [4.69, 9.17) is 4.74 Å². The number of rotatable bonds is 2. The Hall–Kier alpha value is -0.880. The van der Waals surface area contributed by atoms with Gasteiger partial charge in [0.15, 0.2) is 0 Å². The Labute approximate surface area is 107 Å². The van der Waals surface area contributed by atoms with Gasteiger partial charge in [-0.05, 0) is 35.2 Å². The van der Waals surface area contributed by atoms with Crippen molar-refractivity contribution in [3.8, 4) is 0 Å². The molecule has 1 aromatic rings. The fourth-order valence-electron chi connectivity index (χ4n) is 2.60. The second kappa shape index (κ2) is 4.10. The van der Waals surface area contributed by atoms with Gasteiger partial charge in [-0.3, -0.25) is 4.79 Å². The van der Waals surface area contributed by atoms with Gasteiger partial charge in [-0.25, -0.2) is 4.68 Å². The molecule has 0 spiro atoms. The van der Waals surface area contributed by atoms with E-state index >= 15 is 0 Å². The fourth-order valence-corrected chi connectivity index (χ4v) is 3.07. The molecule has 3 rings (SSSR count). The van der Waals surface area contributed by atoms with Crippen LogP contribution in [0.2, 0.25) is 0 Å². The molecule has 1 aromatic heterocycles. The van der Waals surface area contributed by atoms with Crippen molar-refractivity contribution in [3.05, 3.63) is 21.0 Å². The first-order valence-corrected chi connectivity index (χ1v) is 6.58. The van der Waals surface area contributed by atoms with E-state index in [-0.39, 0.29) is 11.7 Å². The molecule has 3 atom stereocenters. The third-order valence-corrected chi connectivity index (χ3v) is 4.29. The zero-order valence-electron chi connectivity index (χ0n) is 9.52. The Morgan fingerprint density at radius 3 is 3.06 bits per heavy atom. The van der Waals surface area contributed by atoms with Crippen LogP contribution in [0.3, 0.4) is 0 Å². The average molecular weight is 300 g/mol. The van der Waals surface area contributed by atoms with Crippen molar-refractivity contribution in [2.24, 2.45) is 7.05 Å². The van der Waals surface area contributed by atoms with Crippen molar-refractivity contribution in [1.82, 2.24) is 9.78 Å². The van der Waals surface area contributed by atoms with Gasteiger partial charge in [0.1, 0.15) is 4.47 Å². The third-order valence-electron chi connectivity index (χ3n) is 3.53. The predicted octanol–water partition coefficient (Wildman–Crippen LogP) is 1.27. The van der Waals surface area contributed by atoms with Gasteiger partial charge in [-0.1, -0.05) is 0 Å². The second-order valence-electron chi connectivity index (χ2n) is 4.66. The van der Waals surface area contributed by atoms with E-state index in [1.165, 1.54) is 11.1 Å². The molecule has 0 saturated carbocycles. The number of ether oxygens (including phenoxy) is 1. The molecule has 2 aliphatic heterocycles. The maximum Gasteiger partial charge on any atom is 0.282 e. The van der Waals surface area contributed by atoms with E-state index in [2.05, 4.69) is 26.3 Å². The van der Waals surface area contributed by atoms with Crippen LogP contribution in [0.25, 0.3) is 0 Å². The predicted molar refractivity (Wildman–Crippen MR) is 67.1 cm³/mol. The molecule has 3 heterocycles. The molecular formula is C11H14BrN3O2. The number of hydrogen-bond acceptors (Lipinski definition) is 4. The summed E-state index contributed by atoms with van der Waals surface area (Å²) >= 11 is 3.31. The molecule has 2 bridgehead atoms. The number of nitrogens with one attached hydrogen (secondary N) is 1. The Balaban J connectivity index is 1.82. The summed E-state index contributed by atoms with van der Waals surface area (Å²) in [4.78, 5) is 11.7. The molecule has 2 aliphatic rings. The highest BCUT2D eigenvalue weighted by atomic mass is 79.9. The summed E-state index contributed by atoms with van der Waals surface area (Å²) in [7, 11) is 1.64. The summed E-state index contributed by atoms with van der Waals surface area (Å²) in [6.45, 7) is 0. The summed E-state index contributed by atoms with van der Waals surface area (Å²) in [5, 5.41) is 7.38. The van der Waals surface area contributed by atoms with Gasteiger partial charge in [-0.2, -0.15) is 5.10 Å². The minimum Gasteiger partial charge on any atom is -0.377 e. The van der Waals surface area contributed by atoms with Gasteiger partial charge in [-0.15, -0.1) is 0 Å². The van der Waals surface area contributed by atoms with E-state index < -0.39 is 0 Å². The lowest BCUT2D eigenvalue weighted by molar-refractivity contribution is 0.102. The van der Waals surface area contributed by atoms with Crippen molar-refractivity contribution in [3.63, 3.8) is 0 Å². The Morgan fingerprint density at radius 1 is 1.59 bits per heavy atom. The zero-order chi connectivity index (χ0) is 12.0.